The molecular formula is C12H22N2O2. The highest BCUT2D eigenvalue weighted by molar-refractivity contribution is 5.79. The van der Waals surface area contributed by atoms with Crippen molar-refractivity contribution in [3.8, 4) is 0 Å². The molecule has 0 aromatic heterocycles. The van der Waals surface area contributed by atoms with E-state index in [9.17, 15) is 4.79 Å². The van der Waals surface area contributed by atoms with E-state index in [1.807, 2.05) is 4.90 Å². The van der Waals surface area contributed by atoms with E-state index in [0.717, 1.165) is 32.1 Å². The number of likely N-dealkylation sites (tertiary alicyclic amines) is 2. The van der Waals surface area contributed by atoms with E-state index in [1.54, 1.807) is 0 Å². The van der Waals surface area contributed by atoms with Gasteiger partial charge in [-0.3, -0.25) is 9.69 Å². The number of amides is 1. The molecule has 0 aromatic rings. The number of hydrogen-bond donors (Lipinski definition) is 1. The van der Waals surface area contributed by atoms with Crippen molar-refractivity contribution in [2.75, 3.05) is 39.3 Å². The quantitative estimate of drug-likeness (QED) is 0.746. The fourth-order valence-corrected chi connectivity index (χ4v) is 2.40. The van der Waals surface area contributed by atoms with Gasteiger partial charge in [-0.25, -0.2) is 0 Å². The molecular weight excluding hydrogens is 204 g/mol. The van der Waals surface area contributed by atoms with Crippen LogP contribution in [0.1, 0.15) is 19.8 Å². The van der Waals surface area contributed by atoms with Gasteiger partial charge in [-0.1, -0.05) is 6.92 Å². The van der Waals surface area contributed by atoms with Crippen LogP contribution in [0.2, 0.25) is 0 Å². The van der Waals surface area contributed by atoms with E-state index >= 15 is 0 Å². The van der Waals surface area contributed by atoms with Crippen molar-refractivity contribution in [1.29, 1.82) is 0 Å². The van der Waals surface area contributed by atoms with Crippen LogP contribution >= 0.6 is 0 Å². The molecule has 2 aliphatic rings. The zero-order valence-electron chi connectivity index (χ0n) is 10.1. The molecule has 0 atom stereocenters. The Morgan fingerprint density at radius 2 is 1.94 bits per heavy atom. The zero-order valence-corrected chi connectivity index (χ0v) is 10.1. The van der Waals surface area contributed by atoms with E-state index in [2.05, 4.69) is 11.8 Å². The average molecular weight is 226 g/mol. The lowest BCUT2D eigenvalue weighted by molar-refractivity contribution is -0.140. The summed E-state index contributed by atoms with van der Waals surface area (Å²) in [5, 5.41) is 8.89. The molecule has 2 heterocycles. The van der Waals surface area contributed by atoms with Gasteiger partial charge in [-0.15, -0.1) is 0 Å². The van der Waals surface area contributed by atoms with Crippen molar-refractivity contribution in [3.63, 3.8) is 0 Å². The van der Waals surface area contributed by atoms with Crippen molar-refractivity contribution in [3.05, 3.63) is 0 Å². The van der Waals surface area contributed by atoms with Crippen LogP contribution in [0.5, 0.6) is 0 Å². The first-order chi connectivity index (χ1) is 7.69. The molecule has 0 saturated carbocycles. The van der Waals surface area contributed by atoms with Crippen molar-refractivity contribution in [2.24, 2.45) is 11.8 Å². The Labute approximate surface area is 97.2 Å². The number of carbonyl (C=O) groups is 1. The van der Waals surface area contributed by atoms with Crippen LogP contribution in [0.4, 0.5) is 0 Å². The lowest BCUT2D eigenvalue weighted by Gasteiger charge is -2.40. The van der Waals surface area contributed by atoms with Gasteiger partial charge in [0.25, 0.3) is 0 Å². The minimum Gasteiger partial charge on any atom is -0.396 e. The molecule has 0 aromatic carbocycles. The Kier molecular flexibility index (Phi) is 3.82. The minimum atomic E-state index is 0.213. The molecule has 2 aliphatic heterocycles. The van der Waals surface area contributed by atoms with Gasteiger partial charge in [-0.05, 0) is 31.8 Å². The van der Waals surface area contributed by atoms with Crippen LogP contribution in [0.15, 0.2) is 0 Å². The minimum absolute atomic E-state index is 0.213. The van der Waals surface area contributed by atoms with Gasteiger partial charge in [0.15, 0.2) is 0 Å². The Morgan fingerprint density at radius 1 is 1.31 bits per heavy atom. The Bertz CT molecular complexity index is 243. The summed E-state index contributed by atoms with van der Waals surface area (Å²) in [6, 6.07) is 0. The maximum Gasteiger partial charge on any atom is 0.236 e. The molecule has 4 heteroatoms. The van der Waals surface area contributed by atoms with Crippen molar-refractivity contribution < 1.29 is 9.90 Å². The molecule has 0 aliphatic carbocycles. The third kappa shape index (κ3) is 2.74. The summed E-state index contributed by atoms with van der Waals surface area (Å²) < 4.78 is 0. The van der Waals surface area contributed by atoms with Gasteiger partial charge in [0.1, 0.15) is 0 Å². The maximum absolute atomic E-state index is 11.8. The van der Waals surface area contributed by atoms with Crippen molar-refractivity contribution >= 4 is 5.91 Å². The highest BCUT2D eigenvalue weighted by Crippen LogP contribution is 2.18. The summed E-state index contributed by atoms with van der Waals surface area (Å²) in [6.07, 6.45) is 2.43. The highest BCUT2D eigenvalue weighted by atomic mass is 16.3. The molecule has 0 spiro atoms. The number of nitrogens with zero attached hydrogens (tertiary/aromatic N) is 2. The molecule has 1 amide bonds. The second-order valence-corrected chi connectivity index (χ2v) is 5.31. The summed E-state index contributed by atoms with van der Waals surface area (Å²) in [7, 11) is 0. The van der Waals surface area contributed by atoms with Gasteiger partial charge in [-0.2, -0.15) is 0 Å². The fourth-order valence-electron chi connectivity index (χ4n) is 2.40. The van der Waals surface area contributed by atoms with E-state index in [4.69, 9.17) is 5.11 Å². The third-order valence-electron chi connectivity index (χ3n) is 3.80. The molecule has 1 N–H and O–H groups in total. The first-order valence-corrected chi connectivity index (χ1v) is 6.30. The lowest BCUT2D eigenvalue weighted by atomic mass is 9.98. The summed E-state index contributed by atoms with van der Waals surface area (Å²) in [5.74, 6) is 1.37. The van der Waals surface area contributed by atoms with Gasteiger partial charge in [0, 0.05) is 25.6 Å². The number of hydrogen-bond acceptors (Lipinski definition) is 3. The summed E-state index contributed by atoms with van der Waals surface area (Å²) in [6.45, 7) is 6.68. The molecule has 0 unspecified atom stereocenters. The lowest BCUT2D eigenvalue weighted by Crippen LogP contribution is -2.54. The molecule has 2 fully saturated rings. The van der Waals surface area contributed by atoms with E-state index < -0.39 is 0 Å². The molecule has 16 heavy (non-hydrogen) atoms. The van der Waals surface area contributed by atoms with Gasteiger partial charge in [0.05, 0.1) is 6.54 Å². The summed E-state index contributed by atoms with van der Waals surface area (Å²) in [5.41, 5.74) is 0. The van der Waals surface area contributed by atoms with Gasteiger partial charge < -0.3 is 10.0 Å². The summed E-state index contributed by atoms with van der Waals surface area (Å²) >= 11 is 0. The Hall–Kier alpha value is -0.610. The fraction of sp³-hybridized carbons (Fsp3) is 0.917. The number of carbonyl (C=O) groups excluding carboxylic acids is 1. The van der Waals surface area contributed by atoms with Gasteiger partial charge in [0.2, 0.25) is 5.91 Å². The number of aliphatic hydroxyl groups is 1. The van der Waals surface area contributed by atoms with Crippen LogP contribution < -0.4 is 0 Å². The van der Waals surface area contributed by atoms with Crippen LogP contribution in [0.3, 0.4) is 0 Å². The first kappa shape index (κ1) is 11.9. The van der Waals surface area contributed by atoms with Crippen LogP contribution in [0.25, 0.3) is 0 Å². The summed E-state index contributed by atoms with van der Waals surface area (Å²) in [4.78, 5) is 16.0. The second-order valence-electron chi connectivity index (χ2n) is 5.31. The second kappa shape index (κ2) is 5.15. The monoisotopic (exact) mass is 226 g/mol. The predicted molar refractivity (Wildman–Crippen MR) is 62.0 cm³/mol. The number of aliphatic hydroxyl groups excluding tert-OH is 1. The standard InChI is InChI=1S/C12H22N2O2/c1-10-2-4-13(5-3-10)8-12(16)14-6-11(7-14)9-15/h10-11,15H,2-9H2,1H3. The van der Waals surface area contributed by atoms with Gasteiger partial charge >= 0.3 is 0 Å². The van der Waals surface area contributed by atoms with Crippen molar-refractivity contribution in [2.45, 2.75) is 19.8 Å². The maximum atomic E-state index is 11.8. The third-order valence-corrected chi connectivity index (χ3v) is 3.80. The van der Waals surface area contributed by atoms with Crippen LogP contribution in [-0.2, 0) is 4.79 Å². The zero-order chi connectivity index (χ0) is 11.5. The SMILES string of the molecule is CC1CCN(CC(=O)N2CC(CO)C2)CC1. The normalized spacial score (nSPS) is 24.5. The largest absolute Gasteiger partial charge is 0.396 e. The first-order valence-electron chi connectivity index (χ1n) is 6.30. The molecule has 0 radical (unpaired) electrons. The highest BCUT2D eigenvalue weighted by Gasteiger charge is 2.30. The predicted octanol–water partition coefficient (Wildman–Crippen LogP) is 0.169. The van der Waals surface area contributed by atoms with Crippen LogP contribution in [-0.4, -0.2) is 60.1 Å². The molecule has 2 rings (SSSR count). The topological polar surface area (TPSA) is 43.8 Å². The molecule has 0 bridgehead atoms. The number of rotatable bonds is 3. The Balaban J connectivity index is 1.68. The molecule has 2 saturated heterocycles. The van der Waals surface area contributed by atoms with Crippen molar-refractivity contribution in [1.82, 2.24) is 9.80 Å². The molecule has 4 nitrogen and oxygen atoms in total. The average Bonchev–Trinajstić information content (AvgIpc) is 2.20. The van der Waals surface area contributed by atoms with E-state index in [-0.39, 0.29) is 12.5 Å². The smallest absolute Gasteiger partial charge is 0.236 e. The van der Waals surface area contributed by atoms with E-state index in [0.29, 0.717) is 12.5 Å². The van der Waals surface area contributed by atoms with E-state index in [1.165, 1.54) is 12.8 Å². The Morgan fingerprint density at radius 3 is 2.50 bits per heavy atom. The molecule has 92 valence electrons. The number of piperidine rings is 1. The van der Waals surface area contributed by atoms with Crippen LogP contribution in [0, 0.1) is 11.8 Å².